The van der Waals surface area contributed by atoms with Gasteiger partial charge >= 0.3 is 0 Å². The summed E-state index contributed by atoms with van der Waals surface area (Å²) in [5.74, 6) is 1.92. The number of nitrogens with zero attached hydrogens (tertiary/aromatic N) is 1. The Kier molecular flexibility index (Phi) is 6.66. The molecule has 2 nitrogen and oxygen atoms in total. The molecule has 1 N–H and O–H groups in total. The summed E-state index contributed by atoms with van der Waals surface area (Å²) in [6, 6.07) is 0.800. The molecule has 112 valence electrons. The molecular weight excluding hydrogens is 232 g/mol. The van der Waals surface area contributed by atoms with E-state index in [-0.39, 0.29) is 0 Å². The number of likely N-dealkylation sites (tertiary alicyclic amines) is 1. The zero-order valence-corrected chi connectivity index (χ0v) is 13.2. The monoisotopic (exact) mass is 266 g/mol. The summed E-state index contributed by atoms with van der Waals surface area (Å²) in [4.78, 5) is 2.72. The molecule has 0 radical (unpaired) electrons. The van der Waals surface area contributed by atoms with Crippen molar-refractivity contribution in [2.45, 2.75) is 71.3 Å². The highest BCUT2D eigenvalue weighted by Gasteiger charge is 2.31. The third-order valence-electron chi connectivity index (χ3n) is 5.14. The van der Waals surface area contributed by atoms with Gasteiger partial charge in [-0.3, -0.25) is 0 Å². The molecule has 2 fully saturated rings. The van der Waals surface area contributed by atoms with E-state index in [1.54, 1.807) is 0 Å². The highest BCUT2D eigenvalue weighted by atomic mass is 15.1. The smallest absolute Gasteiger partial charge is 0.0108 e. The predicted molar refractivity (Wildman–Crippen MR) is 83.5 cm³/mol. The molecular formula is C17H34N2. The van der Waals surface area contributed by atoms with Crippen molar-refractivity contribution >= 4 is 0 Å². The third kappa shape index (κ3) is 4.75. The van der Waals surface area contributed by atoms with Gasteiger partial charge in [0.15, 0.2) is 0 Å². The van der Waals surface area contributed by atoms with E-state index >= 15 is 0 Å². The first-order chi connectivity index (χ1) is 9.33. The normalized spacial score (nSPS) is 32.8. The van der Waals surface area contributed by atoms with Crippen LogP contribution in [-0.2, 0) is 0 Å². The average Bonchev–Trinajstić information content (AvgIpc) is 2.91. The lowest BCUT2D eigenvalue weighted by atomic mass is 9.76. The first-order valence-corrected chi connectivity index (χ1v) is 8.79. The molecule has 1 aliphatic heterocycles. The quantitative estimate of drug-likeness (QED) is 0.756. The summed E-state index contributed by atoms with van der Waals surface area (Å²) in [6.45, 7) is 9.91. The van der Waals surface area contributed by atoms with Gasteiger partial charge in [0.25, 0.3) is 0 Å². The Morgan fingerprint density at radius 3 is 2.53 bits per heavy atom. The van der Waals surface area contributed by atoms with Crippen LogP contribution in [0.2, 0.25) is 0 Å². The fourth-order valence-electron chi connectivity index (χ4n) is 4.13. The molecule has 0 aromatic rings. The standard InChI is InChI=1S/C17H34N2/c1-3-7-15-8-9-17(18-10-4-2)16(13-15)14-19-11-5-6-12-19/h15-18H,3-14H2,1-2H3. The van der Waals surface area contributed by atoms with Crippen molar-refractivity contribution in [3.05, 3.63) is 0 Å². The molecule has 0 amide bonds. The highest BCUT2D eigenvalue weighted by molar-refractivity contribution is 4.87. The van der Waals surface area contributed by atoms with Crippen LogP contribution in [0.15, 0.2) is 0 Å². The second-order valence-corrected chi connectivity index (χ2v) is 6.80. The summed E-state index contributed by atoms with van der Waals surface area (Å²) in [5, 5.41) is 3.83. The summed E-state index contributed by atoms with van der Waals surface area (Å²) in [7, 11) is 0. The number of hydrogen-bond acceptors (Lipinski definition) is 2. The van der Waals surface area contributed by atoms with Gasteiger partial charge in [-0.15, -0.1) is 0 Å². The Labute approximate surface area is 120 Å². The number of nitrogens with one attached hydrogen (secondary N) is 1. The summed E-state index contributed by atoms with van der Waals surface area (Å²) < 4.78 is 0. The van der Waals surface area contributed by atoms with Crippen molar-refractivity contribution in [2.75, 3.05) is 26.2 Å². The van der Waals surface area contributed by atoms with Gasteiger partial charge in [0.2, 0.25) is 0 Å². The molecule has 1 heterocycles. The minimum absolute atomic E-state index is 0.800. The maximum atomic E-state index is 3.83. The summed E-state index contributed by atoms with van der Waals surface area (Å²) in [5.41, 5.74) is 0. The van der Waals surface area contributed by atoms with Gasteiger partial charge in [0.05, 0.1) is 0 Å². The van der Waals surface area contributed by atoms with Crippen molar-refractivity contribution in [1.29, 1.82) is 0 Å². The maximum absolute atomic E-state index is 3.83. The Hall–Kier alpha value is -0.0800. The summed E-state index contributed by atoms with van der Waals surface area (Å²) >= 11 is 0. The zero-order chi connectivity index (χ0) is 13.5. The lowest BCUT2D eigenvalue weighted by Gasteiger charge is -2.38. The molecule has 3 unspecified atom stereocenters. The van der Waals surface area contributed by atoms with Crippen LogP contribution in [0.25, 0.3) is 0 Å². The van der Waals surface area contributed by atoms with E-state index in [0.29, 0.717) is 0 Å². The average molecular weight is 266 g/mol. The largest absolute Gasteiger partial charge is 0.314 e. The van der Waals surface area contributed by atoms with Crippen LogP contribution < -0.4 is 5.32 Å². The Balaban J connectivity index is 1.85. The molecule has 1 saturated heterocycles. The van der Waals surface area contributed by atoms with E-state index in [2.05, 4.69) is 24.1 Å². The molecule has 2 heteroatoms. The van der Waals surface area contributed by atoms with Crippen molar-refractivity contribution in [1.82, 2.24) is 10.2 Å². The molecule has 19 heavy (non-hydrogen) atoms. The molecule has 1 saturated carbocycles. The van der Waals surface area contributed by atoms with Crippen LogP contribution in [-0.4, -0.2) is 37.1 Å². The number of hydrogen-bond donors (Lipinski definition) is 1. The van der Waals surface area contributed by atoms with Gasteiger partial charge in [-0.25, -0.2) is 0 Å². The van der Waals surface area contributed by atoms with Gasteiger partial charge in [-0.1, -0.05) is 26.7 Å². The molecule has 0 spiro atoms. The number of rotatable bonds is 7. The van der Waals surface area contributed by atoms with Crippen LogP contribution >= 0.6 is 0 Å². The molecule has 1 aliphatic carbocycles. The van der Waals surface area contributed by atoms with E-state index in [0.717, 1.165) is 17.9 Å². The summed E-state index contributed by atoms with van der Waals surface area (Å²) in [6.07, 6.45) is 11.3. The van der Waals surface area contributed by atoms with E-state index in [1.807, 2.05) is 0 Å². The minimum Gasteiger partial charge on any atom is -0.314 e. The lowest BCUT2D eigenvalue weighted by molar-refractivity contribution is 0.149. The fourth-order valence-corrected chi connectivity index (χ4v) is 4.13. The third-order valence-corrected chi connectivity index (χ3v) is 5.14. The zero-order valence-electron chi connectivity index (χ0n) is 13.2. The molecule has 3 atom stereocenters. The highest BCUT2D eigenvalue weighted by Crippen LogP contribution is 2.33. The Morgan fingerprint density at radius 2 is 1.84 bits per heavy atom. The Morgan fingerprint density at radius 1 is 1.05 bits per heavy atom. The predicted octanol–water partition coefficient (Wildman–Crippen LogP) is 3.67. The van der Waals surface area contributed by atoms with Gasteiger partial charge in [0, 0.05) is 12.6 Å². The molecule has 2 rings (SSSR count). The molecule has 0 aromatic heterocycles. The first kappa shape index (κ1) is 15.3. The van der Waals surface area contributed by atoms with Crippen LogP contribution in [0.5, 0.6) is 0 Å². The van der Waals surface area contributed by atoms with E-state index < -0.39 is 0 Å². The topological polar surface area (TPSA) is 15.3 Å². The SMILES string of the molecule is CCCNC1CCC(CCC)CC1CN1CCCC1. The van der Waals surface area contributed by atoms with Gasteiger partial charge in [-0.05, 0) is 70.0 Å². The van der Waals surface area contributed by atoms with E-state index in [4.69, 9.17) is 0 Å². The fraction of sp³-hybridized carbons (Fsp3) is 1.00. The minimum atomic E-state index is 0.800. The van der Waals surface area contributed by atoms with Crippen LogP contribution in [0.3, 0.4) is 0 Å². The van der Waals surface area contributed by atoms with E-state index in [9.17, 15) is 0 Å². The van der Waals surface area contributed by atoms with Crippen molar-refractivity contribution in [3.63, 3.8) is 0 Å². The van der Waals surface area contributed by atoms with Crippen LogP contribution in [0.4, 0.5) is 0 Å². The van der Waals surface area contributed by atoms with Gasteiger partial charge in [0.1, 0.15) is 0 Å². The molecule has 2 aliphatic rings. The van der Waals surface area contributed by atoms with Crippen LogP contribution in [0, 0.1) is 11.8 Å². The van der Waals surface area contributed by atoms with E-state index in [1.165, 1.54) is 77.5 Å². The lowest BCUT2D eigenvalue weighted by Crippen LogP contribution is -2.45. The molecule has 0 aromatic carbocycles. The van der Waals surface area contributed by atoms with Crippen molar-refractivity contribution < 1.29 is 0 Å². The molecule has 0 bridgehead atoms. The maximum Gasteiger partial charge on any atom is 0.0108 e. The second-order valence-electron chi connectivity index (χ2n) is 6.80. The van der Waals surface area contributed by atoms with Crippen LogP contribution in [0.1, 0.15) is 65.2 Å². The van der Waals surface area contributed by atoms with Crippen molar-refractivity contribution in [2.24, 2.45) is 11.8 Å². The first-order valence-electron chi connectivity index (χ1n) is 8.79. The Bertz CT molecular complexity index is 235. The van der Waals surface area contributed by atoms with Gasteiger partial charge in [-0.2, -0.15) is 0 Å². The van der Waals surface area contributed by atoms with Gasteiger partial charge < -0.3 is 10.2 Å². The van der Waals surface area contributed by atoms with Crippen molar-refractivity contribution in [3.8, 4) is 0 Å². The second kappa shape index (κ2) is 8.26.